The Kier molecular flexibility index (Phi) is 5.46. The molecule has 0 saturated heterocycles. The van der Waals surface area contributed by atoms with Crippen molar-refractivity contribution in [3.05, 3.63) is 82.2 Å². The number of nitrogens with zero attached hydrogens (tertiary/aromatic N) is 3. The van der Waals surface area contributed by atoms with Crippen molar-refractivity contribution in [1.29, 1.82) is 0 Å². The highest BCUT2D eigenvalue weighted by atomic mass is 16.6. The van der Waals surface area contributed by atoms with Gasteiger partial charge in [-0.1, -0.05) is 31.2 Å². The minimum absolute atomic E-state index is 0.0116. The van der Waals surface area contributed by atoms with Crippen LogP contribution in [-0.2, 0) is 13.2 Å². The summed E-state index contributed by atoms with van der Waals surface area (Å²) in [5.74, 6) is 0.145. The third-order valence-corrected chi connectivity index (χ3v) is 3.93. The lowest BCUT2D eigenvalue weighted by Gasteiger charge is -2.06. The molecule has 138 valence electrons. The van der Waals surface area contributed by atoms with Crippen LogP contribution in [0.25, 0.3) is 0 Å². The van der Waals surface area contributed by atoms with Crippen LogP contribution in [-0.4, -0.2) is 20.6 Å². The molecule has 0 aliphatic heterocycles. The van der Waals surface area contributed by atoms with Crippen LogP contribution in [0.5, 0.6) is 5.75 Å². The predicted octanol–water partition coefficient (Wildman–Crippen LogP) is 3.64. The number of ether oxygens (including phenoxy) is 1. The van der Waals surface area contributed by atoms with Crippen molar-refractivity contribution < 1.29 is 14.5 Å². The number of aryl methyl sites for hydroxylation is 1. The fourth-order valence-corrected chi connectivity index (χ4v) is 2.48. The number of hydrogen-bond acceptors (Lipinski definition) is 5. The quantitative estimate of drug-likeness (QED) is 0.508. The maximum atomic E-state index is 12.3. The molecule has 27 heavy (non-hydrogen) atoms. The first-order valence-corrected chi connectivity index (χ1v) is 8.36. The molecule has 2 aromatic carbocycles. The van der Waals surface area contributed by atoms with E-state index in [-0.39, 0.29) is 18.0 Å². The second kappa shape index (κ2) is 8.13. The molecule has 0 unspecified atom stereocenters. The maximum Gasteiger partial charge on any atom is 0.282 e. The lowest BCUT2D eigenvalue weighted by molar-refractivity contribution is -0.385. The van der Waals surface area contributed by atoms with Crippen molar-refractivity contribution in [3.63, 3.8) is 0 Å². The number of hydrogen-bond donors (Lipinski definition) is 1. The second-order valence-electron chi connectivity index (χ2n) is 5.77. The highest BCUT2D eigenvalue weighted by Crippen LogP contribution is 2.19. The number of nitro groups is 1. The van der Waals surface area contributed by atoms with E-state index in [0.717, 1.165) is 6.42 Å². The first-order valence-electron chi connectivity index (χ1n) is 8.36. The van der Waals surface area contributed by atoms with Crippen LogP contribution in [0, 0.1) is 10.1 Å². The van der Waals surface area contributed by atoms with Crippen LogP contribution in [0.2, 0.25) is 0 Å². The largest absolute Gasteiger partial charge is 0.471 e. The SMILES string of the molecule is CCc1ccc(OCn2cc(NC(=O)c3ccccc3[N+](=O)[O-])cn2)cc1. The minimum atomic E-state index is -0.587. The summed E-state index contributed by atoms with van der Waals surface area (Å²) in [7, 11) is 0. The van der Waals surface area contributed by atoms with Gasteiger partial charge in [-0.2, -0.15) is 5.10 Å². The van der Waals surface area contributed by atoms with Crippen LogP contribution in [0.3, 0.4) is 0 Å². The molecule has 3 rings (SSSR count). The molecular weight excluding hydrogens is 348 g/mol. The average molecular weight is 366 g/mol. The number of carbonyl (C=O) groups is 1. The predicted molar refractivity (Wildman–Crippen MR) is 99.7 cm³/mol. The Labute approximate surface area is 155 Å². The van der Waals surface area contributed by atoms with E-state index in [9.17, 15) is 14.9 Å². The molecule has 1 N–H and O–H groups in total. The van der Waals surface area contributed by atoms with Gasteiger partial charge in [0.05, 0.1) is 23.0 Å². The zero-order valence-electron chi connectivity index (χ0n) is 14.7. The van der Waals surface area contributed by atoms with Gasteiger partial charge in [-0.15, -0.1) is 0 Å². The smallest absolute Gasteiger partial charge is 0.282 e. The zero-order chi connectivity index (χ0) is 19.2. The molecule has 0 spiro atoms. The second-order valence-corrected chi connectivity index (χ2v) is 5.77. The normalized spacial score (nSPS) is 10.4. The van der Waals surface area contributed by atoms with Crippen molar-refractivity contribution in [2.24, 2.45) is 0 Å². The number of benzene rings is 2. The van der Waals surface area contributed by atoms with E-state index in [0.29, 0.717) is 11.4 Å². The summed E-state index contributed by atoms with van der Waals surface area (Å²) in [4.78, 5) is 22.8. The molecule has 0 aliphatic carbocycles. The van der Waals surface area contributed by atoms with E-state index in [2.05, 4.69) is 17.3 Å². The van der Waals surface area contributed by atoms with Gasteiger partial charge in [-0.3, -0.25) is 14.9 Å². The van der Waals surface area contributed by atoms with Crippen LogP contribution in [0.1, 0.15) is 22.8 Å². The number of nitro benzene ring substituents is 1. The molecule has 0 aliphatic rings. The molecule has 3 aromatic rings. The van der Waals surface area contributed by atoms with Crippen LogP contribution in [0.15, 0.2) is 60.9 Å². The van der Waals surface area contributed by atoms with Gasteiger partial charge in [-0.25, -0.2) is 4.68 Å². The van der Waals surface area contributed by atoms with E-state index < -0.39 is 10.8 Å². The summed E-state index contributed by atoms with van der Waals surface area (Å²) >= 11 is 0. The van der Waals surface area contributed by atoms with Crippen molar-refractivity contribution in [2.45, 2.75) is 20.1 Å². The summed E-state index contributed by atoms with van der Waals surface area (Å²) < 4.78 is 7.16. The molecule has 0 bridgehead atoms. The molecule has 0 fully saturated rings. The maximum absolute atomic E-state index is 12.3. The Morgan fingerprint density at radius 3 is 2.67 bits per heavy atom. The average Bonchev–Trinajstić information content (AvgIpc) is 3.14. The van der Waals surface area contributed by atoms with Crippen molar-refractivity contribution in [3.8, 4) is 5.75 Å². The van der Waals surface area contributed by atoms with Gasteiger partial charge in [0.2, 0.25) is 0 Å². The van der Waals surface area contributed by atoms with E-state index in [4.69, 9.17) is 4.74 Å². The van der Waals surface area contributed by atoms with Crippen LogP contribution in [0.4, 0.5) is 11.4 Å². The van der Waals surface area contributed by atoms with E-state index in [1.807, 2.05) is 24.3 Å². The fourth-order valence-electron chi connectivity index (χ4n) is 2.48. The Morgan fingerprint density at radius 1 is 1.22 bits per heavy atom. The zero-order valence-corrected chi connectivity index (χ0v) is 14.7. The van der Waals surface area contributed by atoms with Crippen molar-refractivity contribution >= 4 is 17.3 Å². The van der Waals surface area contributed by atoms with Gasteiger partial charge in [0.25, 0.3) is 11.6 Å². The molecule has 8 nitrogen and oxygen atoms in total. The molecule has 0 atom stereocenters. The topological polar surface area (TPSA) is 99.3 Å². The molecule has 1 aromatic heterocycles. The Balaban J connectivity index is 1.62. The number of amides is 1. The summed E-state index contributed by atoms with van der Waals surface area (Å²) in [6.07, 6.45) is 4.01. The molecular formula is C19H18N4O4. The lowest BCUT2D eigenvalue weighted by atomic mass is 10.1. The number of aromatic nitrogens is 2. The first kappa shape index (κ1) is 18.1. The summed E-state index contributed by atoms with van der Waals surface area (Å²) in [5.41, 5.74) is 1.38. The van der Waals surface area contributed by atoms with Gasteiger partial charge in [0.15, 0.2) is 6.73 Å². The van der Waals surface area contributed by atoms with Crippen molar-refractivity contribution in [2.75, 3.05) is 5.32 Å². The third-order valence-electron chi connectivity index (χ3n) is 3.93. The molecule has 1 amide bonds. The van der Waals surface area contributed by atoms with Gasteiger partial charge in [0.1, 0.15) is 11.3 Å². The Bertz CT molecular complexity index is 950. The van der Waals surface area contributed by atoms with Crippen LogP contribution < -0.4 is 10.1 Å². The standard InChI is InChI=1S/C19H18N4O4/c1-2-14-7-9-16(10-8-14)27-13-22-12-15(11-20-22)21-19(24)17-5-3-4-6-18(17)23(25)26/h3-12H,2,13H2,1H3,(H,21,24). The number of rotatable bonds is 7. The molecule has 0 radical (unpaired) electrons. The highest BCUT2D eigenvalue weighted by molar-refractivity contribution is 6.06. The van der Waals surface area contributed by atoms with Crippen molar-refractivity contribution in [1.82, 2.24) is 9.78 Å². The number of para-hydroxylation sites is 1. The summed E-state index contributed by atoms with van der Waals surface area (Å²) in [6.45, 7) is 2.26. The first-order chi connectivity index (χ1) is 13.1. The third kappa shape index (κ3) is 4.49. The van der Waals surface area contributed by atoms with Gasteiger partial charge >= 0.3 is 0 Å². The molecule has 0 saturated carbocycles. The monoisotopic (exact) mass is 366 g/mol. The Morgan fingerprint density at radius 2 is 1.96 bits per heavy atom. The minimum Gasteiger partial charge on any atom is -0.471 e. The van der Waals surface area contributed by atoms with E-state index >= 15 is 0 Å². The van der Waals surface area contributed by atoms with E-state index in [1.54, 1.807) is 12.3 Å². The Hall–Kier alpha value is -3.68. The summed E-state index contributed by atoms with van der Waals surface area (Å²) in [5, 5.41) is 17.8. The molecule has 8 heteroatoms. The van der Waals surface area contributed by atoms with Gasteiger partial charge in [-0.05, 0) is 30.2 Å². The van der Waals surface area contributed by atoms with E-state index in [1.165, 1.54) is 34.6 Å². The fraction of sp³-hybridized carbons (Fsp3) is 0.158. The number of nitrogens with one attached hydrogen (secondary N) is 1. The lowest BCUT2D eigenvalue weighted by Crippen LogP contribution is -2.13. The van der Waals surface area contributed by atoms with Gasteiger partial charge < -0.3 is 10.1 Å². The van der Waals surface area contributed by atoms with Crippen LogP contribution >= 0.6 is 0 Å². The van der Waals surface area contributed by atoms with Gasteiger partial charge in [0, 0.05) is 6.07 Å². The summed E-state index contributed by atoms with van der Waals surface area (Å²) in [6, 6.07) is 13.5. The number of carbonyl (C=O) groups excluding carboxylic acids is 1. The molecule has 1 heterocycles. The highest BCUT2D eigenvalue weighted by Gasteiger charge is 2.19. The number of anilines is 1.